The summed E-state index contributed by atoms with van der Waals surface area (Å²) in [6.07, 6.45) is 6.06. The molecule has 0 spiro atoms. The number of carbonyl (C=O) groups excluding carboxylic acids is 2. The van der Waals surface area contributed by atoms with Crippen LogP contribution in [0.4, 0.5) is 5.95 Å². The van der Waals surface area contributed by atoms with Gasteiger partial charge in [-0.05, 0) is 67.6 Å². The number of benzene rings is 2. The van der Waals surface area contributed by atoms with Gasteiger partial charge in [0, 0.05) is 70.8 Å². The SMILES string of the molecule is COCCCNC(=O)CCCOc1cc(C)c(S(=O)(=O)NC(CNC(=O)c2cn(C)c3cc(CNc4ncc[nH]4)ccc3c2=O)C(=O)O)c(C)c1. The zero-order chi connectivity index (χ0) is 37.1. The minimum absolute atomic E-state index is 0.108. The van der Waals surface area contributed by atoms with Crippen LogP contribution in [-0.2, 0) is 37.9 Å². The fourth-order valence-electron chi connectivity index (χ4n) is 5.44. The van der Waals surface area contributed by atoms with Gasteiger partial charge in [0.25, 0.3) is 5.91 Å². The van der Waals surface area contributed by atoms with Crippen molar-refractivity contribution in [2.45, 2.75) is 50.6 Å². The number of fused-ring (bicyclic) bond motifs is 1. The number of amides is 2. The third-order valence-electron chi connectivity index (χ3n) is 7.89. The first-order chi connectivity index (χ1) is 24.3. The number of H-pyrrole nitrogens is 1. The van der Waals surface area contributed by atoms with Gasteiger partial charge in [-0.15, -0.1) is 0 Å². The van der Waals surface area contributed by atoms with Crippen molar-refractivity contribution >= 4 is 44.7 Å². The number of pyridine rings is 1. The summed E-state index contributed by atoms with van der Waals surface area (Å²) >= 11 is 0. The highest BCUT2D eigenvalue weighted by atomic mass is 32.2. The van der Waals surface area contributed by atoms with Crippen LogP contribution in [0.15, 0.2) is 58.6 Å². The van der Waals surface area contributed by atoms with Gasteiger partial charge in [-0.25, -0.2) is 13.4 Å². The second kappa shape index (κ2) is 17.6. The smallest absolute Gasteiger partial charge is 0.323 e. The largest absolute Gasteiger partial charge is 0.494 e. The number of imidazole rings is 1. The van der Waals surface area contributed by atoms with E-state index >= 15 is 0 Å². The standard InChI is InChI=1S/C34H43N7O9S/c1-21-15-24(50-14-5-7-29(42)35-10-6-13-49-4)16-22(2)31(21)51(47,48)40-27(33(45)46)19-38-32(44)26-20-41(3)28-17-23(8-9-25(28)30(26)43)18-39-34-36-11-12-37-34/h8-9,11-12,15-17,20,27,40H,5-7,10,13-14,18-19H2,1-4H3,(H,35,42)(H,38,44)(H,45,46)(H2,36,37,39). The van der Waals surface area contributed by atoms with Crippen molar-refractivity contribution in [1.29, 1.82) is 0 Å². The van der Waals surface area contributed by atoms with Crippen LogP contribution in [0, 0.1) is 13.8 Å². The van der Waals surface area contributed by atoms with E-state index in [1.807, 2.05) is 0 Å². The van der Waals surface area contributed by atoms with E-state index in [4.69, 9.17) is 9.47 Å². The average Bonchev–Trinajstić information content (AvgIpc) is 3.61. The highest BCUT2D eigenvalue weighted by Gasteiger charge is 2.29. The Morgan fingerprint density at radius 2 is 1.80 bits per heavy atom. The molecule has 2 heterocycles. The van der Waals surface area contributed by atoms with Crippen molar-refractivity contribution in [3.8, 4) is 5.75 Å². The Morgan fingerprint density at radius 1 is 1.06 bits per heavy atom. The summed E-state index contributed by atoms with van der Waals surface area (Å²) in [4.78, 5) is 57.4. The number of carboxylic acid groups (broad SMARTS) is 1. The van der Waals surface area contributed by atoms with E-state index in [1.54, 1.807) is 63.2 Å². The molecule has 0 aliphatic heterocycles. The van der Waals surface area contributed by atoms with Crippen molar-refractivity contribution in [1.82, 2.24) is 29.9 Å². The number of hydrogen-bond acceptors (Lipinski definition) is 10. The highest BCUT2D eigenvalue weighted by Crippen LogP contribution is 2.26. The number of nitrogens with one attached hydrogen (secondary N) is 5. The van der Waals surface area contributed by atoms with Gasteiger partial charge in [-0.1, -0.05) is 6.07 Å². The van der Waals surface area contributed by atoms with Crippen molar-refractivity contribution in [3.05, 3.63) is 81.4 Å². The Bertz CT molecular complexity index is 2010. The van der Waals surface area contributed by atoms with Gasteiger partial charge in [0.05, 0.1) is 17.0 Å². The number of anilines is 1. The van der Waals surface area contributed by atoms with Gasteiger partial charge in [0.15, 0.2) is 5.95 Å². The van der Waals surface area contributed by atoms with E-state index < -0.39 is 39.9 Å². The van der Waals surface area contributed by atoms with Gasteiger partial charge >= 0.3 is 5.97 Å². The molecule has 2 aromatic heterocycles. The van der Waals surface area contributed by atoms with E-state index in [-0.39, 0.29) is 34.8 Å². The van der Waals surface area contributed by atoms with Crippen LogP contribution < -0.4 is 30.8 Å². The summed E-state index contributed by atoms with van der Waals surface area (Å²) in [7, 11) is -1.13. The molecule has 17 heteroatoms. The highest BCUT2D eigenvalue weighted by molar-refractivity contribution is 7.89. The molecular formula is C34H43N7O9S. The molecule has 2 amide bonds. The summed E-state index contributed by atoms with van der Waals surface area (Å²) in [5.74, 6) is -1.51. The van der Waals surface area contributed by atoms with E-state index in [1.165, 1.54) is 18.3 Å². The van der Waals surface area contributed by atoms with Crippen LogP contribution in [0.25, 0.3) is 10.9 Å². The predicted molar refractivity (Wildman–Crippen MR) is 189 cm³/mol. The quantitative estimate of drug-likeness (QED) is 0.0767. The summed E-state index contributed by atoms with van der Waals surface area (Å²) in [6, 6.07) is 6.43. The second-order valence-electron chi connectivity index (χ2n) is 11.9. The van der Waals surface area contributed by atoms with E-state index in [0.29, 0.717) is 60.9 Å². The molecule has 0 saturated carbocycles. The lowest BCUT2D eigenvalue weighted by Gasteiger charge is -2.19. The van der Waals surface area contributed by atoms with Crippen LogP contribution in [0.1, 0.15) is 46.3 Å². The Labute approximate surface area is 295 Å². The van der Waals surface area contributed by atoms with Crippen molar-refractivity contribution in [2.24, 2.45) is 7.05 Å². The van der Waals surface area contributed by atoms with Crippen molar-refractivity contribution in [2.75, 3.05) is 38.7 Å². The lowest BCUT2D eigenvalue weighted by molar-refractivity contribution is -0.138. The van der Waals surface area contributed by atoms with Crippen LogP contribution in [-0.4, -0.2) is 85.3 Å². The summed E-state index contributed by atoms with van der Waals surface area (Å²) < 4.78 is 41.3. The number of aliphatic carboxylic acids is 1. The predicted octanol–water partition coefficient (Wildman–Crippen LogP) is 1.96. The number of aromatic amines is 1. The number of rotatable bonds is 19. The number of nitrogens with zero attached hydrogens (tertiary/aromatic N) is 2. The van der Waals surface area contributed by atoms with Gasteiger partial charge < -0.3 is 40.1 Å². The molecule has 16 nitrogen and oxygen atoms in total. The molecule has 6 N–H and O–H groups in total. The molecule has 1 atom stereocenters. The number of carboxylic acids is 1. The average molecular weight is 726 g/mol. The first kappa shape index (κ1) is 38.5. The van der Waals surface area contributed by atoms with Gasteiger partial charge in [0.2, 0.25) is 21.4 Å². The second-order valence-corrected chi connectivity index (χ2v) is 13.5. The Kier molecular flexibility index (Phi) is 13.3. The molecular weight excluding hydrogens is 682 g/mol. The van der Waals surface area contributed by atoms with Crippen LogP contribution in [0.3, 0.4) is 0 Å². The zero-order valence-electron chi connectivity index (χ0n) is 28.9. The molecule has 0 bridgehead atoms. The summed E-state index contributed by atoms with van der Waals surface area (Å²) in [5.41, 5.74) is 1.26. The number of carbonyl (C=O) groups is 3. The zero-order valence-corrected chi connectivity index (χ0v) is 29.7. The number of aromatic nitrogens is 3. The molecule has 4 aromatic rings. The fraction of sp³-hybridized carbons (Fsp3) is 0.382. The molecule has 4 rings (SSSR count). The first-order valence-electron chi connectivity index (χ1n) is 16.2. The van der Waals surface area contributed by atoms with Crippen molar-refractivity contribution in [3.63, 3.8) is 0 Å². The molecule has 0 fully saturated rings. The maximum atomic E-state index is 13.4. The molecule has 274 valence electrons. The third-order valence-corrected chi connectivity index (χ3v) is 9.66. The number of aryl methyl sites for hydroxylation is 3. The summed E-state index contributed by atoms with van der Waals surface area (Å²) in [6.45, 7) is 4.19. The molecule has 51 heavy (non-hydrogen) atoms. The Balaban J connectivity index is 1.37. The number of hydrogen-bond donors (Lipinski definition) is 6. The third kappa shape index (κ3) is 10.4. The molecule has 1 unspecified atom stereocenters. The first-order valence-corrected chi connectivity index (χ1v) is 17.7. The number of ether oxygens (including phenoxy) is 2. The molecule has 0 aliphatic rings. The Morgan fingerprint density at radius 3 is 2.47 bits per heavy atom. The molecule has 2 aromatic carbocycles. The van der Waals surface area contributed by atoms with Gasteiger partial charge in [0.1, 0.15) is 17.4 Å². The van der Waals surface area contributed by atoms with E-state index in [9.17, 15) is 32.7 Å². The topological polar surface area (TPSA) is 223 Å². The minimum atomic E-state index is -4.39. The van der Waals surface area contributed by atoms with Crippen LogP contribution >= 0.6 is 0 Å². The molecule has 0 radical (unpaired) electrons. The maximum absolute atomic E-state index is 13.4. The van der Waals surface area contributed by atoms with E-state index in [2.05, 4.69) is 30.6 Å². The monoisotopic (exact) mass is 725 g/mol. The van der Waals surface area contributed by atoms with Gasteiger partial charge in [-0.2, -0.15) is 4.72 Å². The van der Waals surface area contributed by atoms with Crippen molar-refractivity contribution < 1.29 is 37.4 Å². The van der Waals surface area contributed by atoms with Crippen LogP contribution in [0.2, 0.25) is 0 Å². The lowest BCUT2D eigenvalue weighted by atomic mass is 10.1. The summed E-state index contributed by atoms with van der Waals surface area (Å²) in [5, 5.41) is 18.4. The lowest BCUT2D eigenvalue weighted by Crippen LogP contribution is -2.49. The number of sulfonamides is 1. The Hall–Kier alpha value is -5.26. The maximum Gasteiger partial charge on any atom is 0.323 e. The number of methoxy groups -OCH3 is 1. The normalized spacial score (nSPS) is 12.0. The minimum Gasteiger partial charge on any atom is -0.494 e. The van der Waals surface area contributed by atoms with Crippen LogP contribution in [0.5, 0.6) is 5.75 Å². The van der Waals surface area contributed by atoms with E-state index in [0.717, 1.165) is 5.56 Å². The molecule has 0 saturated heterocycles. The fourth-order valence-corrected chi connectivity index (χ4v) is 7.08. The van der Waals surface area contributed by atoms with Gasteiger partial charge in [-0.3, -0.25) is 19.2 Å². The molecule has 0 aliphatic carbocycles.